The Morgan fingerprint density at radius 3 is 3.00 bits per heavy atom. The smallest absolute Gasteiger partial charge is 0.265 e. The molecular formula is C14H18BrN3O3. The molecule has 2 rings (SSSR count). The zero-order chi connectivity index (χ0) is 15.4. The molecule has 1 aliphatic heterocycles. The van der Waals surface area contributed by atoms with Crippen molar-refractivity contribution >= 4 is 33.4 Å². The van der Waals surface area contributed by atoms with Crippen LogP contribution < -0.4 is 20.3 Å². The van der Waals surface area contributed by atoms with Gasteiger partial charge in [-0.15, -0.1) is 0 Å². The average Bonchev–Trinajstić information content (AvgIpc) is 2.47. The van der Waals surface area contributed by atoms with Gasteiger partial charge < -0.3 is 15.4 Å². The highest BCUT2D eigenvalue weighted by molar-refractivity contribution is 9.10. The van der Waals surface area contributed by atoms with Crippen molar-refractivity contribution in [3.05, 3.63) is 22.7 Å². The van der Waals surface area contributed by atoms with Gasteiger partial charge in [0, 0.05) is 17.1 Å². The molecule has 7 heteroatoms. The number of rotatable bonds is 5. The highest BCUT2D eigenvalue weighted by atomic mass is 79.9. The summed E-state index contributed by atoms with van der Waals surface area (Å²) < 4.78 is 6.24. The maximum absolute atomic E-state index is 12.0. The van der Waals surface area contributed by atoms with E-state index in [9.17, 15) is 9.59 Å². The molecule has 2 N–H and O–H groups in total. The molecule has 6 nitrogen and oxygen atoms in total. The number of carbonyl (C=O) groups excluding carboxylic acids is 2. The topological polar surface area (TPSA) is 70.7 Å². The van der Waals surface area contributed by atoms with E-state index in [4.69, 9.17) is 4.74 Å². The van der Waals surface area contributed by atoms with Gasteiger partial charge in [0.15, 0.2) is 6.61 Å². The zero-order valence-corrected chi connectivity index (χ0v) is 13.6. The number of likely N-dealkylation sites (N-methyl/N-ethyl adjacent to an activating group) is 1. The van der Waals surface area contributed by atoms with Crippen LogP contribution in [0.1, 0.15) is 6.92 Å². The van der Waals surface area contributed by atoms with Crippen LogP contribution in [-0.4, -0.2) is 44.6 Å². The van der Waals surface area contributed by atoms with Crippen molar-refractivity contribution in [3.8, 4) is 5.75 Å². The summed E-state index contributed by atoms with van der Waals surface area (Å²) in [5, 5.41) is 5.83. The minimum atomic E-state index is -0.221. The second kappa shape index (κ2) is 6.91. The van der Waals surface area contributed by atoms with Gasteiger partial charge in [0.25, 0.3) is 5.91 Å². The molecule has 21 heavy (non-hydrogen) atoms. The Morgan fingerprint density at radius 2 is 2.29 bits per heavy atom. The lowest BCUT2D eigenvalue weighted by Crippen LogP contribution is -2.47. The molecule has 1 aromatic carbocycles. The fourth-order valence-corrected chi connectivity index (χ4v) is 2.26. The molecule has 114 valence electrons. The van der Waals surface area contributed by atoms with E-state index in [0.29, 0.717) is 18.0 Å². The largest absolute Gasteiger partial charge is 0.482 e. The second-order valence-corrected chi connectivity index (χ2v) is 5.79. The Balaban J connectivity index is 2.06. The third-order valence-corrected chi connectivity index (χ3v) is 3.76. The maximum atomic E-state index is 12.0. The molecule has 0 spiro atoms. The predicted molar refractivity (Wildman–Crippen MR) is 83.5 cm³/mol. The molecule has 0 bridgehead atoms. The van der Waals surface area contributed by atoms with Crippen LogP contribution in [0.15, 0.2) is 22.7 Å². The number of anilines is 1. The van der Waals surface area contributed by atoms with Gasteiger partial charge in [-0.05, 0) is 32.2 Å². The molecule has 0 saturated carbocycles. The van der Waals surface area contributed by atoms with E-state index < -0.39 is 0 Å². The molecule has 1 aliphatic rings. The van der Waals surface area contributed by atoms with Gasteiger partial charge in [0.1, 0.15) is 12.3 Å². The third-order valence-electron chi connectivity index (χ3n) is 3.26. The van der Waals surface area contributed by atoms with Crippen molar-refractivity contribution in [2.45, 2.75) is 13.0 Å². The maximum Gasteiger partial charge on any atom is 0.265 e. The molecule has 0 aromatic heterocycles. The monoisotopic (exact) mass is 355 g/mol. The Labute approximate surface area is 132 Å². The first-order chi connectivity index (χ1) is 10.0. The summed E-state index contributed by atoms with van der Waals surface area (Å²) in [4.78, 5) is 25.4. The average molecular weight is 356 g/mol. The van der Waals surface area contributed by atoms with Crippen molar-refractivity contribution in [3.63, 3.8) is 0 Å². The van der Waals surface area contributed by atoms with Gasteiger partial charge in [0.05, 0.1) is 5.69 Å². The van der Waals surface area contributed by atoms with Gasteiger partial charge >= 0.3 is 0 Å². The molecule has 0 fully saturated rings. The molecule has 0 radical (unpaired) electrons. The summed E-state index contributed by atoms with van der Waals surface area (Å²) in [6, 6.07) is 5.54. The van der Waals surface area contributed by atoms with Gasteiger partial charge in [0.2, 0.25) is 5.91 Å². The number of carbonyl (C=O) groups is 2. The Morgan fingerprint density at radius 1 is 1.52 bits per heavy atom. The van der Waals surface area contributed by atoms with Crippen LogP contribution in [0.25, 0.3) is 0 Å². The third kappa shape index (κ3) is 3.95. The summed E-state index contributed by atoms with van der Waals surface area (Å²) >= 11 is 3.36. The summed E-state index contributed by atoms with van der Waals surface area (Å²) in [5.41, 5.74) is 0.617. The standard InChI is InChI=1S/C14H18BrN3O3/c1-9(16-2)6-17-13(19)7-18-11-4-3-10(15)5-12(11)21-8-14(18)20/h3-5,9,16H,6-8H2,1-2H3,(H,17,19). The molecule has 1 aromatic rings. The molecular weight excluding hydrogens is 338 g/mol. The fraction of sp³-hybridized carbons (Fsp3) is 0.429. The molecule has 2 amide bonds. The van der Waals surface area contributed by atoms with E-state index in [1.165, 1.54) is 4.90 Å². The molecule has 1 heterocycles. The van der Waals surface area contributed by atoms with E-state index >= 15 is 0 Å². The SMILES string of the molecule is CNC(C)CNC(=O)CN1C(=O)COc2cc(Br)ccc21. The van der Waals surface area contributed by atoms with Crippen LogP contribution >= 0.6 is 15.9 Å². The Bertz CT molecular complexity index is 550. The van der Waals surface area contributed by atoms with Crippen LogP contribution in [0.2, 0.25) is 0 Å². The van der Waals surface area contributed by atoms with Gasteiger partial charge in [-0.3, -0.25) is 14.5 Å². The minimum Gasteiger partial charge on any atom is -0.482 e. The number of amides is 2. The van der Waals surface area contributed by atoms with E-state index in [1.54, 1.807) is 12.1 Å². The number of hydrogen-bond donors (Lipinski definition) is 2. The summed E-state index contributed by atoms with van der Waals surface area (Å²) in [6.45, 7) is 2.42. The number of hydrogen-bond acceptors (Lipinski definition) is 4. The van der Waals surface area contributed by atoms with E-state index in [2.05, 4.69) is 26.6 Å². The first kappa shape index (κ1) is 15.8. The van der Waals surface area contributed by atoms with E-state index in [0.717, 1.165) is 4.47 Å². The van der Waals surface area contributed by atoms with Crippen molar-refractivity contribution in [1.29, 1.82) is 0 Å². The van der Waals surface area contributed by atoms with E-state index in [1.807, 2.05) is 20.0 Å². The van der Waals surface area contributed by atoms with Crippen LogP contribution in [0.3, 0.4) is 0 Å². The van der Waals surface area contributed by atoms with Crippen molar-refractivity contribution < 1.29 is 14.3 Å². The first-order valence-electron chi connectivity index (χ1n) is 6.68. The minimum absolute atomic E-state index is 0.00669. The summed E-state index contributed by atoms with van der Waals surface area (Å²) in [7, 11) is 1.83. The highest BCUT2D eigenvalue weighted by Crippen LogP contribution is 2.34. The second-order valence-electron chi connectivity index (χ2n) is 4.87. The fourth-order valence-electron chi connectivity index (χ4n) is 1.92. The van der Waals surface area contributed by atoms with E-state index in [-0.39, 0.29) is 31.0 Å². The van der Waals surface area contributed by atoms with Crippen molar-refractivity contribution in [2.24, 2.45) is 0 Å². The number of benzene rings is 1. The number of nitrogens with one attached hydrogen (secondary N) is 2. The van der Waals surface area contributed by atoms with Gasteiger partial charge in [-0.2, -0.15) is 0 Å². The lowest BCUT2D eigenvalue weighted by atomic mass is 10.2. The van der Waals surface area contributed by atoms with Gasteiger partial charge in [-0.1, -0.05) is 15.9 Å². The van der Waals surface area contributed by atoms with Crippen LogP contribution in [0, 0.1) is 0 Å². The number of fused-ring (bicyclic) bond motifs is 1. The number of ether oxygens (including phenoxy) is 1. The normalized spacial score (nSPS) is 15.2. The predicted octanol–water partition coefficient (Wildman–Crippen LogP) is 0.899. The number of halogens is 1. The molecule has 1 atom stereocenters. The highest BCUT2D eigenvalue weighted by Gasteiger charge is 2.27. The lowest BCUT2D eigenvalue weighted by Gasteiger charge is -2.29. The molecule has 0 aliphatic carbocycles. The first-order valence-corrected chi connectivity index (χ1v) is 7.47. The Hall–Kier alpha value is -1.60. The molecule has 0 saturated heterocycles. The van der Waals surface area contributed by atoms with Crippen molar-refractivity contribution in [1.82, 2.24) is 10.6 Å². The quantitative estimate of drug-likeness (QED) is 0.823. The zero-order valence-electron chi connectivity index (χ0n) is 12.0. The number of nitrogens with zero attached hydrogens (tertiary/aromatic N) is 1. The molecule has 1 unspecified atom stereocenters. The Kier molecular flexibility index (Phi) is 5.19. The summed E-state index contributed by atoms with van der Waals surface area (Å²) in [5.74, 6) is 0.184. The summed E-state index contributed by atoms with van der Waals surface area (Å²) in [6.07, 6.45) is 0. The van der Waals surface area contributed by atoms with Crippen LogP contribution in [0.4, 0.5) is 5.69 Å². The van der Waals surface area contributed by atoms with Gasteiger partial charge in [-0.25, -0.2) is 0 Å². The van der Waals surface area contributed by atoms with Crippen LogP contribution in [-0.2, 0) is 9.59 Å². The lowest BCUT2D eigenvalue weighted by molar-refractivity contribution is -0.125. The van der Waals surface area contributed by atoms with Crippen molar-refractivity contribution in [2.75, 3.05) is 31.6 Å². The van der Waals surface area contributed by atoms with Crippen LogP contribution in [0.5, 0.6) is 5.75 Å².